The van der Waals surface area contributed by atoms with E-state index < -0.39 is 40.3 Å². The number of aromatic nitrogens is 1. The first kappa shape index (κ1) is 28.9. The summed E-state index contributed by atoms with van der Waals surface area (Å²) >= 11 is 1.35. The molecule has 2 heterocycles. The van der Waals surface area contributed by atoms with Gasteiger partial charge >= 0.3 is 12.1 Å². The van der Waals surface area contributed by atoms with E-state index in [0.29, 0.717) is 11.9 Å². The number of fused-ring (bicyclic) bond motifs is 1. The lowest BCUT2D eigenvalue weighted by molar-refractivity contribution is -0.144. The Morgan fingerprint density at radius 3 is 2.77 bits per heavy atom. The molecular weight excluding hydrogens is 542 g/mol. The van der Waals surface area contributed by atoms with E-state index in [2.05, 4.69) is 10.3 Å². The molecular formula is C27H33N3O7S2. The number of carbonyl (C=O) groups is 2. The molecule has 0 saturated carbocycles. The van der Waals surface area contributed by atoms with Gasteiger partial charge in [0.1, 0.15) is 0 Å². The number of ether oxygens (including phenoxy) is 2. The molecule has 2 aromatic carbocycles. The van der Waals surface area contributed by atoms with Crippen molar-refractivity contribution in [2.45, 2.75) is 62.2 Å². The van der Waals surface area contributed by atoms with E-state index in [1.54, 1.807) is 17.6 Å². The summed E-state index contributed by atoms with van der Waals surface area (Å²) in [7, 11) is -3.96. The number of alkyl carbamates (subject to hydrolysis) is 1. The lowest BCUT2D eigenvalue weighted by Gasteiger charge is -2.30. The third-order valence-corrected chi connectivity index (χ3v) is 9.20. The predicted octanol–water partition coefficient (Wildman–Crippen LogP) is 3.49. The quantitative estimate of drug-likeness (QED) is 0.234. The predicted molar refractivity (Wildman–Crippen MR) is 147 cm³/mol. The first-order valence-corrected chi connectivity index (χ1v) is 15.3. The van der Waals surface area contributed by atoms with Crippen molar-refractivity contribution in [3.63, 3.8) is 0 Å². The van der Waals surface area contributed by atoms with Crippen molar-refractivity contribution in [1.82, 2.24) is 14.6 Å². The van der Waals surface area contributed by atoms with Crippen LogP contribution in [0.4, 0.5) is 4.79 Å². The van der Waals surface area contributed by atoms with E-state index in [1.165, 1.54) is 21.7 Å². The zero-order valence-corrected chi connectivity index (χ0v) is 23.3. The molecule has 4 rings (SSSR count). The molecule has 39 heavy (non-hydrogen) atoms. The number of esters is 1. The number of nitrogens with zero attached hydrogens (tertiary/aromatic N) is 2. The molecule has 0 spiro atoms. The molecule has 1 fully saturated rings. The van der Waals surface area contributed by atoms with Gasteiger partial charge in [0.25, 0.3) is 0 Å². The molecule has 1 amide bonds. The maximum atomic E-state index is 13.7. The van der Waals surface area contributed by atoms with E-state index >= 15 is 0 Å². The number of hydrogen-bond acceptors (Lipinski definition) is 9. The number of cyclic esters (lactones) is 1. The van der Waals surface area contributed by atoms with E-state index in [4.69, 9.17) is 9.47 Å². The van der Waals surface area contributed by atoms with Gasteiger partial charge in [0, 0.05) is 19.5 Å². The van der Waals surface area contributed by atoms with Gasteiger partial charge in [-0.1, -0.05) is 50.1 Å². The van der Waals surface area contributed by atoms with E-state index in [9.17, 15) is 23.1 Å². The van der Waals surface area contributed by atoms with Crippen molar-refractivity contribution in [1.29, 1.82) is 0 Å². The normalized spacial score (nSPS) is 17.2. The number of amides is 1. The molecule has 3 atom stereocenters. The molecule has 0 radical (unpaired) electrons. The molecule has 1 aliphatic rings. The van der Waals surface area contributed by atoms with Gasteiger partial charge < -0.3 is 19.9 Å². The van der Waals surface area contributed by atoms with Crippen LogP contribution in [0.3, 0.4) is 0 Å². The minimum Gasteiger partial charge on any atom is -0.463 e. The third-order valence-electron chi connectivity index (χ3n) is 6.54. The molecule has 12 heteroatoms. The maximum Gasteiger partial charge on any atom is 0.408 e. The maximum absolute atomic E-state index is 13.7. The Bertz CT molecular complexity index is 1360. The summed E-state index contributed by atoms with van der Waals surface area (Å²) in [4.78, 5) is 28.8. The van der Waals surface area contributed by atoms with Crippen molar-refractivity contribution in [2.75, 3.05) is 19.7 Å². The van der Waals surface area contributed by atoms with Crippen LogP contribution >= 0.6 is 11.3 Å². The van der Waals surface area contributed by atoms with E-state index in [0.717, 1.165) is 23.1 Å². The average molecular weight is 576 g/mol. The molecule has 1 aliphatic heterocycles. The van der Waals surface area contributed by atoms with E-state index in [-0.39, 0.29) is 37.4 Å². The number of unbranched alkanes of at least 4 members (excludes halogenated alkanes) is 2. The Labute approximate surface area is 232 Å². The van der Waals surface area contributed by atoms with Gasteiger partial charge in [-0.25, -0.2) is 23.0 Å². The Morgan fingerprint density at radius 2 is 2.05 bits per heavy atom. The van der Waals surface area contributed by atoms with Gasteiger partial charge in [-0.15, -0.1) is 11.3 Å². The summed E-state index contributed by atoms with van der Waals surface area (Å²) in [6.07, 6.45) is -0.331. The zero-order chi connectivity index (χ0) is 27.8. The van der Waals surface area contributed by atoms with Crippen LogP contribution in [0, 0.1) is 0 Å². The van der Waals surface area contributed by atoms with Crippen molar-refractivity contribution >= 4 is 43.6 Å². The fourth-order valence-corrected chi connectivity index (χ4v) is 6.69. The number of sulfonamides is 1. The summed E-state index contributed by atoms with van der Waals surface area (Å²) in [6.45, 7) is 2.17. The minimum atomic E-state index is -3.96. The van der Waals surface area contributed by atoms with Gasteiger partial charge in [0.15, 0.2) is 0 Å². The van der Waals surface area contributed by atoms with Crippen LogP contribution in [0.25, 0.3) is 10.2 Å². The highest BCUT2D eigenvalue weighted by atomic mass is 32.2. The van der Waals surface area contributed by atoms with Crippen LogP contribution in [0.15, 0.2) is 58.9 Å². The average Bonchev–Trinajstić information content (AvgIpc) is 3.56. The molecule has 1 unspecified atom stereocenters. The summed E-state index contributed by atoms with van der Waals surface area (Å²) in [6, 6.07) is 13.1. The Kier molecular flexibility index (Phi) is 9.89. The fourth-order valence-electron chi connectivity index (χ4n) is 4.38. The number of rotatable bonds is 13. The smallest absolute Gasteiger partial charge is 0.408 e. The number of nitrogens with one attached hydrogen (secondary N) is 1. The minimum absolute atomic E-state index is 0.120. The fraction of sp³-hybridized carbons (Fsp3) is 0.444. The molecule has 10 nitrogen and oxygen atoms in total. The zero-order valence-electron chi connectivity index (χ0n) is 21.7. The van der Waals surface area contributed by atoms with Crippen LogP contribution in [-0.4, -0.2) is 72.8 Å². The van der Waals surface area contributed by atoms with Crippen LogP contribution in [-0.2, 0) is 30.7 Å². The molecule has 210 valence electrons. The summed E-state index contributed by atoms with van der Waals surface area (Å²) in [5, 5.41) is 14.0. The number of carbonyl (C=O) groups excluding carboxylic acids is 2. The SMILES string of the molecule is CCCCCN(C[C@@H](O)[C@H](Cc1ccccc1)NC(=O)OC1CCOC1=O)S(=O)(=O)c1ccc2ncsc2c1. The summed E-state index contributed by atoms with van der Waals surface area (Å²) in [5.74, 6) is -0.614. The first-order chi connectivity index (χ1) is 18.8. The molecule has 0 bridgehead atoms. The van der Waals surface area contributed by atoms with Crippen molar-refractivity contribution < 1.29 is 32.6 Å². The first-order valence-electron chi connectivity index (χ1n) is 13.0. The van der Waals surface area contributed by atoms with Crippen molar-refractivity contribution in [3.05, 3.63) is 59.6 Å². The largest absolute Gasteiger partial charge is 0.463 e. The Balaban J connectivity index is 1.55. The second kappa shape index (κ2) is 13.3. The highest BCUT2D eigenvalue weighted by Crippen LogP contribution is 2.25. The second-order valence-electron chi connectivity index (χ2n) is 9.41. The highest BCUT2D eigenvalue weighted by molar-refractivity contribution is 7.89. The topological polar surface area (TPSA) is 135 Å². The number of aliphatic hydroxyl groups excluding tert-OH is 1. The second-order valence-corrected chi connectivity index (χ2v) is 12.2. The van der Waals surface area contributed by atoms with Crippen LogP contribution < -0.4 is 5.32 Å². The molecule has 2 N–H and O–H groups in total. The Morgan fingerprint density at radius 1 is 1.26 bits per heavy atom. The molecule has 0 aliphatic carbocycles. The van der Waals surface area contributed by atoms with Crippen molar-refractivity contribution in [2.24, 2.45) is 0 Å². The Hall–Kier alpha value is -3.06. The van der Waals surface area contributed by atoms with Gasteiger partial charge in [0.05, 0.1) is 39.4 Å². The number of hydrogen-bond donors (Lipinski definition) is 2. The van der Waals surface area contributed by atoms with Gasteiger partial charge in [-0.2, -0.15) is 4.31 Å². The standard InChI is InChI=1S/C27H33N3O7S2/c1-2-3-7-13-30(39(34,35)20-10-11-21-25(16-20)38-18-28-21)17-23(31)22(15-19-8-5-4-6-9-19)29-27(33)37-24-12-14-36-26(24)32/h4-6,8-11,16,18,22-24,31H,2-3,7,12-15,17H2,1H3,(H,29,33)/t22-,23+,24?/m0/s1. The van der Waals surface area contributed by atoms with Crippen molar-refractivity contribution in [3.8, 4) is 0 Å². The number of aliphatic hydroxyl groups is 1. The van der Waals surface area contributed by atoms with Gasteiger partial charge in [-0.05, 0) is 36.6 Å². The number of benzene rings is 2. The lowest BCUT2D eigenvalue weighted by atomic mass is 10.0. The molecule has 3 aromatic rings. The lowest BCUT2D eigenvalue weighted by Crippen LogP contribution is -2.51. The number of thiazole rings is 1. The van der Waals surface area contributed by atoms with E-state index in [1.807, 2.05) is 37.3 Å². The van der Waals surface area contributed by atoms with Gasteiger partial charge in [-0.3, -0.25) is 0 Å². The van der Waals surface area contributed by atoms with Crippen LogP contribution in [0.1, 0.15) is 38.2 Å². The highest BCUT2D eigenvalue weighted by Gasteiger charge is 2.34. The van der Waals surface area contributed by atoms with Gasteiger partial charge in [0.2, 0.25) is 16.1 Å². The monoisotopic (exact) mass is 575 g/mol. The summed E-state index contributed by atoms with van der Waals surface area (Å²) < 4.78 is 39.6. The molecule has 1 aromatic heterocycles. The summed E-state index contributed by atoms with van der Waals surface area (Å²) in [5.41, 5.74) is 3.21. The van der Waals surface area contributed by atoms with Crippen LogP contribution in [0.2, 0.25) is 0 Å². The molecule has 1 saturated heterocycles. The van der Waals surface area contributed by atoms with Crippen LogP contribution in [0.5, 0.6) is 0 Å². The third kappa shape index (κ3) is 7.53.